The smallest absolute Gasteiger partial charge is 0.294 e. The first kappa shape index (κ1) is 17.3. The maximum absolute atomic E-state index is 12.7. The second-order valence-corrected chi connectivity index (χ2v) is 9.94. The van der Waals surface area contributed by atoms with E-state index in [0.717, 1.165) is 13.4 Å². The minimum atomic E-state index is 0.0392. The number of rotatable bonds is 5. The fourth-order valence-electron chi connectivity index (χ4n) is 3.67. The van der Waals surface area contributed by atoms with Crippen molar-refractivity contribution in [2.45, 2.75) is 40.4 Å². The minimum Gasteiger partial charge on any atom is -0.472 e. The maximum atomic E-state index is 12.7. The minimum absolute atomic E-state index is 0.0392. The SMILES string of the molecule is COc1nnc(Sc2ccc(C(=O)N[C@@H]3C4CCN(CC4)[C@H]3C)s2)s1. The topological polar surface area (TPSA) is 67.3 Å². The molecule has 3 aliphatic rings. The molecule has 3 fully saturated rings. The number of amides is 1. The molecule has 134 valence electrons. The van der Waals surface area contributed by atoms with Crippen molar-refractivity contribution < 1.29 is 9.53 Å². The average Bonchev–Trinajstić information content (AvgIpc) is 3.28. The van der Waals surface area contributed by atoms with Gasteiger partial charge in [0.2, 0.25) is 0 Å². The van der Waals surface area contributed by atoms with E-state index in [0.29, 0.717) is 17.2 Å². The lowest BCUT2D eigenvalue weighted by molar-refractivity contribution is 0.0218. The molecule has 0 saturated carbocycles. The number of hydrogen-bond donors (Lipinski definition) is 1. The number of ether oxygens (including phenoxy) is 1. The highest BCUT2D eigenvalue weighted by Crippen LogP contribution is 2.37. The molecule has 6 nitrogen and oxygen atoms in total. The molecule has 3 aliphatic heterocycles. The molecule has 3 saturated heterocycles. The zero-order valence-corrected chi connectivity index (χ0v) is 16.5. The Balaban J connectivity index is 1.40. The van der Waals surface area contributed by atoms with Crippen LogP contribution in [0.3, 0.4) is 0 Å². The fraction of sp³-hybridized carbons (Fsp3) is 0.562. The van der Waals surface area contributed by atoms with Gasteiger partial charge in [0.25, 0.3) is 11.1 Å². The Morgan fingerprint density at radius 3 is 2.80 bits per heavy atom. The number of carbonyl (C=O) groups is 1. The Morgan fingerprint density at radius 1 is 1.32 bits per heavy atom. The average molecular weight is 397 g/mol. The lowest BCUT2D eigenvalue weighted by Crippen LogP contribution is -2.62. The van der Waals surface area contributed by atoms with Crippen LogP contribution < -0.4 is 10.1 Å². The normalized spacial score (nSPS) is 28.1. The molecule has 0 aromatic carbocycles. The predicted octanol–water partition coefficient (Wildman–Crippen LogP) is 2.97. The van der Waals surface area contributed by atoms with Crippen LogP contribution in [0.4, 0.5) is 0 Å². The van der Waals surface area contributed by atoms with Crippen molar-refractivity contribution in [1.82, 2.24) is 20.4 Å². The van der Waals surface area contributed by atoms with Gasteiger partial charge in [0.05, 0.1) is 16.2 Å². The van der Waals surface area contributed by atoms with Crippen molar-refractivity contribution in [1.29, 1.82) is 0 Å². The van der Waals surface area contributed by atoms with Gasteiger partial charge in [-0.25, -0.2) is 0 Å². The van der Waals surface area contributed by atoms with E-state index in [1.165, 1.54) is 60.4 Å². The van der Waals surface area contributed by atoms with Crippen molar-refractivity contribution >= 4 is 40.3 Å². The Kier molecular flexibility index (Phi) is 4.99. The number of fused-ring (bicyclic) bond motifs is 3. The monoisotopic (exact) mass is 396 g/mol. The van der Waals surface area contributed by atoms with Gasteiger partial charge < -0.3 is 10.1 Å². The molecular formula is C16H20N4O2S3. The molecule has 5 heterocycles. The number of aromatic nitrogens is 2. The van der Waals surface area contributed by atoms with Gasteiger partial charge in [0.1, 0.15) is 0 Å². The molecule has 1 N–H and O–H groups in total. The first-order valence-electron chi connectivity index (χ1n) is 8.34. The summed E-state index contributed by atoms with van der Waals surface area (Å²) in [5.41, 5.74) is 0. The van der Waals surface area contributed by atoms with Crippen molar-refractivity contribution in [2.75, 3.05) is 20.2 Å². The summed E-state index contributed by atoms with van der Waals surface area (Å²) in [6.45, 7) is 4.57. The van der Waals surface area contributed by atoms with E-state index in [-0.39, 0.29) is 11.9 Å². The second kappa shape index (κ2) is 7.22. The Labute approximate surface area is 159 Å². The zero-order valence-electron chi connectivity index (χ0n) is 14.1. The standard InChI is InChI=1S/C16H20N4O2S3/c1-9-13(10-5-7-20(9)8-6-10)17-14(21)11-3-4-12(23-11)24-16-19-18-15(22-2)25-16/h3-4,9-10,13H,5-8H2,1-2H3,(H,17,21)/t9-,13-/m0/s1. The van der Waals surface area contributed by atoms with Gasteiger partial charge in [-0.3, -0.25) is 9.69 Å². The van der Waals surface area contributed by atoms with Gasteiger partial charge in [-0.1, -0.05) is 5.10 Å². The van der Waals surface area contributed by atoms with Crippen LogP contribution in [0.1, 0.15) is 29.4 Å². The van der Waals surface area contributed by atoms with Crippen molar-refractivity contribution in [3.8, 4) is 5.19 Å². The molecule has 0 aliphatic carbocycles. The predicted molar refractivity (Wildman–Crippen MR) is 99.9 cm³/mol. The van der Waals surface area contributed by atoms with Crippen LogP contribution in [-0.4, -0.2) is 53.3 Å². The number of hydrogen-bond acceptors (Lipinski definition) is 8. The molecule has 1 amide bonds. The summed E-state index contributed by atoms with van der Waals surface area (Å²) in [6.07, 6.45) is 2.39. The highest BCUT2D eigenvalue weighted by molar-refractivity contribution is 8.02. The third-order valence-electron chi connectivity index (χ3n) is 5.03. The molecule has 25 heavy (non-hydrogen) atoms. The summed E-state index contributed by atoms with van der Waals surface area (Å²) in [7, 11) is 1.58. The van der Waals surface area contributed by atoms with Crippen LogP contribution in [0.5, 0.6) is 5.19 Å². The Morgan fingerprint density at radius 2 is 2.12 bits per heavy atom. The quantitative estimate of drug-likeness (QED) is 0.838. The van der Waals surface area contributed by atoms with Crippen LogP contribution in [0.2, 0.25) is 0 Å². The van der Waals surface area contributed by atoms with E-state index in [1.807, 2.05) is 12.1 Å². The van der Waals surface area contributed by atoms with Crippen LogP contribution in [-0.2, 0) is 0 Å². The first-order chi connectivity index (χ1) is 12.1. The van der Waals surface area contributed by atoms with Gasteiger partial charge >= 0.3 is 0 Å². The van der Waals surface area contributed by atoms with E-state index < -0.39 is 0 Å². The van der Waals surface area contributed by atoms with Crippen molar-refractivity contribution in [3.63, 3.8) is 0 Å². The Bertz CT molecular complexity index is 752. The van der Waals surface area contributed by atoms with Gasteiger partial charge in [0, 0.05) is 12.1 Å². The van der Waals surface area contributed by atoms with Gasteiger partial charge in [-0.15, -0.1) is 16.4 Å². The van der Waals surface area contributed by atoms with E-state index in [9.17, 15) is 4.79 Å². The summed E-state index contributed by atoms with van der Waals surface area (Å²) in [5, 5.41) is 11.8. The van der Waals surface area contributed by atoms with Gasteiger partial charge in [-0.2, -0.15) is 0 Å². The fourth-order valence-corrected chi connectivity index (χ4v) is 6.58. The maximum Gasteiger partial charge on any atom is 0.294 e. The highest BCUT2D eigenvalue weighted by atomic mass is 32.2. The molecule has 5 rings (SSSR count). The molecule has 2 aromatic heterocycles. The second-order valence-electron chi connectivity index (χ2n) is 6.37. The van der Waals surface area contributed by atoms with Crippen LogP contribution >= 0.6 is 34.4 Å². The summed E-state index contributed by atoms with van der Waals surface area (Å²) >= 11 is 4.42. The third kappa shape index (κ3) is 3.55. The summed E-state index contributed by atoms with van der Waals surface area (Å²) in [6, 6.07) is 4.56. The van der Waals surface area contributed by atoms with E-state index in [2.05, 4.69) is 27.3 Å². The Hall–Kier alpha value is -1.16. The molecule has 2 bridgehead atoms. The van der Waals surface area contributed by atoms with E-state index in [4.69, 9.17) is 4.74 Å². The molecule has 2 aromatic rings. The van der Waals surface area contributed by atoms with Crippen molar-refractivity contribution in [3.05, 3.63) is 17.0 Å². The van der Waals surface area contributed by atoms with Crippen LogP contribution in [0.25, 0.3) is 0 Å². The number of methoxy groups -OCH3 is 1. The highest BCUT2D eigenvalue weighted by Gasteiger charge is 2.40. The molecule has 0 unspecified atom stereocenters. The van der Waals surface area contributed by atoms with Gasteiger partial charge in [-0.05, 0) is 74.0 Å². The number of piperidine rings is 3. The summed E-state index contributed by atoms with van der Waals surface area (Å²) in [4.78, 5) is 15.9. The number of thiophene rings is 1. The molecule has 2 atom stereocenters. The largest absolute Gasteiger partial charge is 0.472 e. The molecule has 0 radical (unpaired) electrons. The van der Waals surface area contributed by atoms with Crippen LogP contribution in [0.15, 0.2) is 20.7 Å². The van der Waals surface area contributed by atoms with E-state index >= 15 is 0 Å². The first-order valence-corrected chi connectivity index (χ1v) is 10.8. The molecule has 9 heteroatoms. The lowest BCUT2D eigenvalue weighted by Gasteiger charge is -2.49. The number of nitrogens with one attached hydrogen (secondary N) is 1. The molecule has 0 spiro atoms. The summed E-state index contributed by atoms with van der Waals surface area (Å²) in [5.74, 6) is 0.656. The van der Waals surface area contributed by atoms with E-state index in [1.54, 1.807) is 7.11 Å². The van der Waals surface area contributed by atoms with Crippen molar-refractivity contribution in [2.24, 2.45) is 5.92 Å². The third-order valence-corrected chi connectivity index (χ3v) is 8.18. The number of carbonyl (C=O) groups excluding carboxylic acids is 1. The van der Waals surface area contributed by atoms with Crippen LogP contribution in [0, 0.1) is 5.92 Å². The number of nitrogens with zero attached hydrogens (tertiary/aromatic N) is 3. The zero-order chi connectivity index (χ0) is 17.4. The molecular weight excluding hydrogens is 376 g/mol. The summed E-state index contributed by atoms with van der Waals surface area (Å²) < 4.78 is 6.91. The lowest BCUT2D eigenvalue weighted by atomic mass is 9.79. The van der Waals surface area contributed by atoms with Gasteiger partial charge in [0.15, 0.2) is 4.34 Å².